The fourth-order valence-electron chi connectivity index (χ4n) is 12.0. The molecule has 0 amide bonds. The largest absolute Gasteiger partial charge is 0.347 e. The fraction of sp³-hybridized carbons (Fsp3) is 0.0345. The molecule has 9 aromatic carbocycles. The van der Waals surface area contributed by atoms with Gasteiger partial charge in [-0.3, -0.25) is 0 Å². The molecule has 2 atom stereocenters. The van der Waals surface area contributed by atoms with Crippen molar-refractivity contribution in [1.82, 2.24) is 0 Å². The van der Waals surface area contributed by atoms with Crippen LogP contribution in [0.25, 0.3) is 74.7 Å². The number of allylic oxidation sites excluding steroid dienone is 4. The molecule has 2 unspecified atom stereocenters. The monoisotopic (exact) mass is 834 g/mol. The second kappa shape index (κ2) is 12.7. The summed E-state index contributed by atoms with van der Waals surface area (Å²) in [5.41, 5.74) is 15.9. The van der Waals surface area contributed by atoms with Gasteiger partial charge in [-0.25, -0.2) is 0 Å². The summed E-state index contributed by atoms with van der Waals surface area (Å²) in [5, 5.41) is 17.2. The minimum Gasteiger partial charge on any atom is -0.347 e. The summed E-state index contributed by atoms with van der Waals surface area (Å²) < 4.78 is 2.64. The molecule has 1 N–H and O–H groups in total. The van der Waals surface area contributed by atoms with Gasteiger partial charge in [0.2, 0.25) is 0 Å². The third kappa shape index (κ3) is 4.58. The van der Waals surface area contributed by atoms with Crippen LogP contribution in [0.3, 0.4) is 0 Å². The first-order valence-electron chi connectivity index (χ1n) is 22.0. The highest BCUT2D eigenvalue weighted by Crippen LogP contribution is 2.55. The summed E-state index contributed by atoms with van der Waals surface area (Å²) >= 11 is 3.83. The van der Waals surface area contributed by atoms with Crippen LogP contribution in [0.5, 0.6) is 0 Å². The van der Waals surface area contributed by atoms with Gasteiger partial charge in [0, 0.05) is 43.9 Å². The van der Waals surface area contributed by atoms with E-state index in [2.05, 4.69) is 204 Å². The Labute approximate surface area is 372 Å². The van der Waals surface area contributed by atoms with Crippen molar-refractivity contribution in [2.75, 3.05) is 10.2 Å². The molecule has 0 bridgehead atoms. The van der Waals surface area contributed by atoms with E-state index < -0.39 is 0 Å². The summed E-state index contributed by atoms with van der Waals surface area (Å²) in [5.74, 6) is 0.533. The van der Waals surface area contributed by atoms with Crippen molar-refractivity contribution in [1.29, 1.82) is 0 Å². The number of thiophene rings is 2. The van der Waals surface area contributed by atoms with E-state index in [-0.39, 0.29) is 12.6 Å². The Balaban J connectivity index is 1.05. The molecule has 63 heavy (non-hydrogen) atoms. The highest BCUT2D eigenvalue weighted by atomic mass is 32.1. The van der Waals surface area contributed by atoms with Crippen molar-refractivity contribution in [2.45, 2.75) is 11.8 Å². The Morgan fingerprint density at radius 3 is 1.79 bits per heavy atom. The maximum absolute atomic E-state index is 4.21. The minimum absolute atomic E-state index is 0.0421. The van der Waals surface area contributed by atoms with Gasteiger partial charge in [0.1, 0.15) is 0 Å². The van der Waals surface area contributed by atoms with Gasteiger partial charge in [0.15, 0.2) is 0 Å². The highest BCUT2D eigenvalue weighted by molar-refractivity contribution is 7.29. The molecule has 2 aromatic heterocycles. The minimum atomic E-state index is 0.0421. The van der Waals surface area contributed by atoms with E-state index in [0.29, 0.717) is 5.92 Å². The second-order valence-corrected chi connectivity index (χ2v) is 19.6. The van der Waals surface area contributed by atoms with Crippen molar-refractivity contribution in [2.24, 2.45) is 0 Å². The molecule has 0 fully saturated rings. The topological polar surface area (TPSA) is 15.3 Å². The molecule has 0 radical (unpaired) electrons. The summed E-state index contributed by atoms with van der Waals surface area (Å²) in [7, 11) is 0. The predicted molar refractivity (Wildman–Crippen MR) is 273 cm³/mol. The number of benzene rings is 9. The van der Waals surface area contributed by atoms with Crippen LogP contribution in [0.1, 0.15) is 23.0 Å². The molecule has 0 saturated carbocycles. The number of nitrogens with one attached hydrogen (secondary N) is 1. The lowest BCUT2D eigenvalue weighted by atomic mass is 9.33. The van der Waals surface area contributed by atoms with Crippen LogP contribution in [0.2, 0.25) is 0 Å². The van der Waals surface area contributed by atoms with Gasteiger partial charge in [-0.2, -0.15) is 0 Å². The number of anilines is 5. The standard InChI is InChI=1S/C58H35BN2S2/c1-2-16-36-34(14-1)35-15-4-6-20-40(35)48-32-33(28-29-41(36)48)61-49-31-30-45(44-25-13-24-43-39-18-5-3-17-37(39)38-19-7-8-21-42(38)52(43)44)56-55(49)59(54-47-23-10-12-27-51(47)63-58(54)61)53-46-22-9-11-26-50(46)62-57(53)60-56/h1-32,38,42,60H. The SMILES string of the molecule is C1=CC2c3ccccc3-c3cccc(-c4ccc5c6c4Nc4sc7ccccc7c4B6c4c(sc6ccccc46)N5c4ccc5c6ccccc6c6ccccc6c5c4)c3C2C=C1. The van der Waals surface area contributed by atoms with Crippen molar-refractivity contribution in [3.05, 3.63) is 205 Å². The third-order valence-electron chi connectivity index (χ3n) is 14.5. The molecule has 0 saturated heterocycles. The molecule has 0 spiro atoms. The lowest BCUT2D eigenvalue weighted by molar-refractivity contribution is 0.721. The van der Waals surface area contributed by atoms with Gasteiger partial charge in [-0.05, 0) is 118 Å². The van der Waals surface area contributed by atoms with E-state index in [1.807, 2.05) is 22.7 Å². The second-order valence-electron chi connectivity index (χ2n) is 17.5. The smallest absolute Gasteiger partial charge is 0.256 e. The van der Waals surface area contributed by atoms with Crippen molar-refractivity contribution < 1.29 is 0 Å². The van der Waals surface area contributed by atoms with Gasteiger partial charge in [0.05, 0.1) is 10.0 Å². The van der Waals surface area contributed by atoms with Crippen molar-refractivity contribution in [3.63, 3.8) is 0 Å². The Hall–Kier alpha value is -7.18. The van der Waals surface area contributed by atoms with Gasteiger partial charge in [-0.15, -0.1) is 22.7 Å². The third-order valence-corrected chi connectivity index (χ3v) is 16.8. The zero-order valence-corrected chi connectivity index (χ0v) is 35.6. The molecule has 2 nitrogen and oxygen atoms in total. The normalized spacial score (nSPS) is 16.5. The summed E-state index contributed by atoms with van der Waals surface area (Å²) in [6, 6.07) is 64.1. The van der Waals surface area contributed by atoms with Crippen molar-refractivity contribution in [3.8, 4) is 22.3 Å². The summed E-state index contributed by atoms with van der Waals surface area (Å²) in [6.45, 7) is 0.0421. The number of fused-ring (bicyclic) bond motifs is 20. The number of hydrogen-bond donors (Lipinski definition) is 1. The van der Waals surface area contributed by atoms with Gasteiger partial charge in [-0.1, -0.05) is 164 Å². The van der Waals surface area contributed by atoms with E-state index in [0.717, 1.165) is 0 Å². The van der Waals surface area contributed by atoms with Crippen LogP contribution in [-0.4, -0.2) is 6.71 Å². The molecule has 11 aromatic rings. The maximum Gasteiger partial charge on any atom is 0.256 e. The Morgan fingerprint density at radius 2 is 1.03 bits per heavy atom. The predicted octanol–water partition coefficient (Wildman–Crippen LogP) is 14.6. The van der Waals surface area contributed by atoms with E-state index in [1.165, 1.54) is 129 Å². The number of nitrogens with zero attached hydrogens (tertiary/aromatic N) is 1. The molecule has 5 heteroatoms. The summed E-state index contributed by atoms with van der Waals surface area (Å²) in [6.07, 6.45) is 9.33. The first-order valence-corrected chi connectivity index (χ1v) is 23.6. The van der Waals surface area contributed by atoms with Crippen LogP contribution >= 0.6 is 22.7 Å². The zero-order valence-electron chi connectivity index (χ0n) is 34.0. The lowest BCUT2D eigenvalue weighted by Gasteiger charge is -2.40. The first kappa shape index (κ1) is 34.4. The lowest BCUT2D eigenvalue weighted by Crippen LogP contribution is -2.59. The Kier molecular flexibility index (Phi) is 6.94. The molecule has 2 aliphatic heterocycles. The van der Waals surface area contributed by atoms with Crippen LogP contribution in [0, 0.1) is 0 Å². The van der Waals surface area contributed by atoms with Crippen LogP contribution in [-0.2, 0) is 0 Å². The van der Waals surface area contributed by atoms with E-state index in [1.54, 1.807) is 0 Å². The molecular weight excluding hydrogens is 800 g/mol. The van der Waals surface area contributed by atoms with Crippen LogP contribution in [0.4, 0.5) is 27.1 Å². The highest BCUT2D eigenvalue weighted by Gasteiger charge is 2.46. The molecule has 292 valence electrons. The Morgan fingerprint density at radius 1 is 0.444 bits per heavy atom. The molecule has 15 rings (SSSR count). The van der Waals surface area contributed by atoms with Gasteiger partial charge in [0.25, 0.3) is 6.71 Å². The quantitative estimate of drug-likeness (QED) is 0.138. The number of rotatable bonds is 2. The molecule has 4 heterocycles. The first-order chi connectivity index (χ1) is 31.3. The molecule has 2 aliphatic carbocycles. The van der Waals surface area contributed by atoms with Crippen LogP contribution < -0.4 is 26.6 Å². The Bertz CT molecular complexity index is 3850. The summed E-state index contributed by atoms with van der Waals surface area (Å²) in [4.78, 5) is 2.60. The maximum atomic E-state index is 4.21. The van der Waals surface area contributed by atoms with Gasteiger partial charge < -0.3 is 10.2 Å². The fourth-order valence-corrected chi connectivity index (χ4v) is 14.4. The molecular formula is C58H35BN2S2. The average Bonchev–Trinajstić information content (AvgIpc) is 3.93. The van der Waals surface area contributed by atoms with Crippen LogP contribution in [0.15, 0.2) is 194 Å². The van der Waals surface area contributed by atoms with Gasteiger partial charge >= 0.3 is 0 Å². The van der Waals surface area contributed by atoms with Crippen molar-refractivity contribution >= 4 is 125 Å². The number of hydrogen-bond acceptors (Lipinski definition) is 4. The van der Waals surface area contributed by atoms with E-state index in [4.69, 9.17) is 0 Å². The molecule has 4 aliphatic rings. The zero-order chi connectivity index (χ0) is 40.9. The van der Waals surface area contributed by atoms with E-state index >= 15 is 0 Å². The average molecular weight is 835 g/mol. The van der Waals surface area contributed by atoms with E-state index in [9.17, 15) is 0 Å².